The van der Waals surface area contributed by atoms with Gasteiger partial charge < -0.3 is 41.0 Å². The van der Waals surface area contributed by atoms with Gasteiger partial charge in [0.1, 0.15) is 24.5 Å². The number of nitrogen functional groups attached to an aromatic ring is 1. The van der Waals surface area contributed by atoms with Gasteiger partial charge in [-0.2, -0.15) is 0 Å². The number of carboxylic acids is 1. The number of rotatable bonds is 13. The van der Waals surface area contributed by atoms with Gasteiger partial charge in [0.25, 0.3) is 0 Å². The summed E-state index contributed by atoms with van der Waals surface area (Å²) in [4.78, 5) is 53.8. The van der Waals surface area contributed by atoms with Crippen molar-refractivity contribution in [2.24, 2.45) is 11.5 Å². The molecule has 1 aromatic carbocycles. The number of aromatic nitrogens is 1. The summed E-state index contributed by atoms with van der Waals surface area (Å²) in [5, 5.41) is 20.5. The number of likely N-dealkylation sites (tertiary alicyclic amines) is 2. The number of nitrogens with two attached hydrogens (primary N) is 2. The van der Waals surface area contributed by atoms with Crippen molar-refractivity contribution in [1.82, 2.24) is 19.7 Å². The summed E-state index contributed by atoms with van der Waals surface area (Å²) < 4.78 is 7.55. The average molecular weight is 598 g/mol. The lowest BCUT2D eigenvalue weighted by Crippen LogP contribution is -2.59. The first-order valence-corrected chi connectivity index (χ1v) is 14.9. The van der Waals surface area contributed by atoms with Crippen molar-refractivity contribution in [3.63, 3.8) is 0 Å². The number of hydrogen-bond donors (Lipinski definition) is 5. The maximum absolute atomic E-state index is 13.6. The van der Waals surface area contributed by atoms with Crippen molar-refractivity contribution in [2.75, 3.05) is 26.8 Å². The number of aliphatic carboxylic acids is 1. The lowest BCUT2D eigenvalue weighted by molar-refractivity contribution is -0.149. The Morgan fingerprint density at radius 1 is 1.19 bits per heavy atom. The topological polar surface area (TPSA) is 197 Å². The number of nitrogens with one attached hydrogen (secondary N) is 2. The number of amidine groups is 1. The van der Waals surface area contributed by atoms with Crippen LogP contribution in [0.5, 0.6) is 0 Å². The van der Waals surface area contributed by atoms with Crippen LogP contribution >= 0.6 is 0 Å². The van der Waals surface area contributed by atoms with Crippen LogP contribution in [0.25, 0.3) is 10.9 Å². The Labute approximate surface area is 251 Å². The van der Waals surface area contributed by atoms with Gasteiger partial charge in [0, 0.05) is 43.0 Å². The fraction of sp³-hybridized carbons (Fsp3) is 0.567. The molecule has 2 aliphatic rings. The molecular formula is C30H43N7O6. The molecule has 4 rings (SSSR count). The minimum Gasteiger partial charge on any atom is -0.480 e. The number of benzene rings is 1. The predicted molar refractivity (Wildman–Crippen MR) is 160 cm³/mol. The van der Waals surface area contributed by atoms with Crippen molar-refractivity contribution in [1.29, 1.82) is 5.41 Å². The SMILES string of the molecule is CCn1c(CC[C@@H]2CCCN2C(=O)CN2C(=O)C(NC(=O)C[C@H](N)C(=O)O)CCC2COC)cc2ccc(C(=N)N)cc21. The van der Waals surface area contributed by atoms with Crippen molar-refractivity contribution in [3.8, 4) is 0 Å². The van der Waals surface area contributed by atoms with Gasteiger partial charge in [-0.1, -0.05) is 12.1 Å². The van der Waals surface area contributed by atoms with Crippen molar-refractivity contribution >= 4 is 40.4 Å². The number of methoxy groups -OCH3 is 1. The van der Waals surface area contributed by atoms with E-state index in [9.17, 15) is 19.2 Å². The van der Waals surface area contributed by atoms with Crippen LogP contribution in [-0.2, 0) is 36.9 Å². The van der Waals surface area contributed by atoms with Gasteiger partial charge in [0.05, 0.1) is 19.1 Å². The lowest BCUT2D eigenvalue weighted by atomic mass is 9.97. The standard InChI is InChI=1S/C30H43N7O6/c1-3-35-21(13-18-6-7-19(28(32)33)14-25(18)35)9-8-20-5-4-12-36(20)27(39)16-37-22(17-43-2)10-11-24(29(37)40)34-26(38)15-23(31)30(41)42/h6-7,13-14,20,22-24H,3-5,8-12,15-17,31H2,1-2H3,(H3,32,33)(H,34,38)(H,41,42)/t20-,22?,23-,24?/m0/s1. The molecule has 0 bridgehead atoms. The lowest BCUT2D eigenvalue weighted by Gasteiger charge is -2.40. The zero-order valence-corrected chi connectivity index (χ0v) is 24.9. The van der Waals surface area contributed by atoms with Gasteiger partial charge in [0.15, 0.2) is 0 Å². The third-order valence-corrected chi connectivity index (χ3v) is 8.58. The Balaban J connectivity index is 1.42. The van der Waals surface area contributed by atoms with Crippen molar-refractivity contribution in [2.45, 2.75) is 82.6 Å². The van der Waals surface area contributed by atoms with E-state index in [1.54, 1.807) is 7.11 Å². The van der Waals surface area contributed by atoms with Crippen LogP contribution in [0.2, 0.25) is 0 Å². The van der Waals surface area contributed by atoms with Crippen LogP contribution in [0.4, 0.5) is 0 Å². The Bertz CT molecular complexity index is 1370. The van der Waals surface area contributed by atoms with Crippen LogP contribution in [-0.4, -0.2) is 100.0 Å². The Morgan fingerprint density at radius 3 is 2.63 bits per heavy atom. The molecule has 4 atom stereocenters. The second-order valence-electron chi connectivity index (χ2n) is 11.4. The summed E-state index contributed by atoms with van der Waals surface area (Å²) in [7, 11) is 1.54. The number of carbonyl (C=O) groups excluding carboxylic acids is 3. The second kappa shape index (κ2) is 14.0. The Kier molecular flexibility index (Phi) is 10.4. The molecule has 0 aliphatic carbocycles. The highest BCUT2D eigenvalue weighted by atomic mass is 16.5. The molecule has 234 valence electrons. The molecule has 7 N–H and O–H groups in total. The Hall–Kier alpha value is -3.97. The molecule has 0 radical (unpaired) electrons. The summed E-state index contributed by atoms with van der Waals surface area (Å²) in [6.45, 7) is 3.61. The van der Waals surface area contributed by atoms with E-state index in [0.717, 1.165) is 48.8 Å². The number of amides is 3. The highest BCUT2D eigenvalue weighted by Gasteiger charge is 2.39. The quantitative estimate of drug-likeness (QED) is 0.165. The molecule has 3 amide bonds. The summed E-state index contributed by atoms with van der Waals surface area (Å²) in [6.07, 6.45) is 3.76. The molecule has 2 unspecified atom stereocenters. The maximum atomic E-state index is 13.6. The highest BCUT2D eigenvalue weighted by Crippen LogP contribution is 2.27. The monoisotopic (exact) mass is 597 g/mol. The first-order valence-electron chi connectivity index (χ1n) is 14.9. The van der Waals surface area contributed by atoms with Gasteiger partial charge >= 0.3 is 5.97 Å². The molecule has 2 aromatic rings. The smallest absolute Gasteiger partial charge is 0.321 e. The van der Waals surface area contributed by atoms with E-state index < -0.39 is 30.4 Å². The number of nitrogens with zero attached hydrogens (tertiary/aromatic N) is 3. The molecule has 2 aliphatic heterocycles. The van der Waals surface area contributed by atoms with E-state index >= 15 is 0 Å². The average Bonchev–Trinajstić information content (AvgIpc) is 3.58. The number of aryl methyl sites for hydroxylation is 2. The van der Waals surface area contributed by atoms with Gasteiger partial charge in [-0.3, -0.25) is 24.6 Å². The molecular weight excluding hydrogens is 554 g/mol. The summed E-state index contributed by atoms with van der Waals surface area (Å²) in [6, 6.07) is 5.45. The van der Waals surface area contributed by atoms with Crippen LogP contribution < -0.4 is 16.8 Å². The Morgan fingerprint density at radius 2 is 1.95 bits per heavy atom. The summed E-state index contributed by atoms with van der Waals surface area (Å²) >= 11 is 0. The van der Waals surface area contributed by atoms with Crippen LogP contribution in [0.3, 0.4) is 0 Å². The van der Waals surface area contributed by atoms with Crippen molar-refractivity contribution in [3.05, 3.63) is 35.5 Å². The number of carboxylic acid groups (broad SMARTS) is 1. The van der Waals surface area contributed by atoms with Gasteiger partial charge in [0.2, 0.25) is 17.7 Å². The number of ether oxygens (including phenoxy) is 1. The van der Waals surface area contributed by atoms with Gasteiger partial charge in [-0.15, -0.1) is 0 Å². The molecule has 43 heavy (non-hydrogen) atoms. The molecule has 0 saturated carbocycles. The number of hydrogen-bond acceptors (Lipinski definition) is 7. The number of fused-ring (bicyclic) bond motifs is 1. The normalized spacial score (nSPS) is 21.3. The molecule has 2 saturated heterocycles. The van der Waals surface area contributed by atoms with E-state index in [4.69, 9.17) is 26.7 Å². The van der Waals surface area contributed by atoms with Crippen LogP contribution in [0.1, 0.15) is 56.7 Å². The van der Waals surface area contributed by atoms with E-state index in [2.05, 4.69) is 22.9 Å². The third-order valence-electron chi connectivity index (χ3n) is 8.58. The molecule has 13 nitrogen and oxygen atoms in total. The van der Waals surface area contributed by atoms with E-state index in [1.807, 2.05) is 23.1 Å². The molecule has 13 heteroatoms. The van der Waals surface area contributed by atoms with Gasteiger partial charge in [-0.25, -0.2) is 0 Å². The second-order valence-corrected chi connectivity index (χ2v) is 11.4. The minimum absolute atomic E-state index is 0.0309. The molecule has 1 aromatic heterocycles. The first-order chi connectivity index (χ1) is 20.5. The molecule has 0 spiro atoms. The summed E-state index contributed by atoms with van der Waals surface area (Å²) in [5.74, 6) is -2.41. The largest absolute Gasteiger partial charge is 0.480 e. The van der Waals surface area contributed by atoms with Crippen LogP contribution in [0.15, 0.2) is 24.3 Å². The first kappa shape index (κ1) is 32.0. The zero-order chi connectivity index (χ0) is 31.3. The summed E-state index contributed by atoms with van der Waals surface area (Å²) in [5.41, 5.74) is 14.1. The van der Waals surface area contributed by atoms with Crippen LogP contribution in [0, 0.1) is 5.41 Å². The molecule has 2 fully saturated rings. The van der Waals surface area contributed by atoms with E-state index in [-0.39, 0.29) is 42.9 Å². The fourth-order valence-corrected chi connectivity index (χ4v) is 6.34. The third kappa shape index (κ3) is 7.34. The number of piperidine rings is 1. The fourth-order valence-electron chi connectivity index (χ4n) is 6.34. The minimum atomic E-state index is -1.36. The highest BCUT2D eigenvalue weighted by molar-refractivity contribution is 5.98. The maximum Gasteiger partial charge on any atom is 0.321 e. The zero-order valence-electron chi connectivity index (χ0n) is 24.9. The number of carbonyl (C=O) groups is 4. The molecule has 3 heterocycles. The van der Waals surface area contributed by atoms with Crippen molar-refractivity contribution < 1.29 is 29.0 Å². The van der Waals surface area contributed by atoms with E-state index in [0.29, 0.717) is 24.9 Å². The van der Waals surface area contributed by atoms with E-state index in [1.165, 1.54) is 4.90 Å². The van der Waals surface area contributed by atoms with Gasteiger partial charge in [-0.05, 0) is 63.0 Å². The predicted octanol–water partition coefficient (Wildman–Crippen LogP) is 0.793.